The summed E-state index contributed by atoms with van der Waals surface area (Å²) < 4.78 is 28.4. The second kappa shape index (κ2) is 9.53. The summed E-state index contributed by atoms with van der Waals surface area (Å²) in [5.74, 6) is 0.348. The zero-order valence-electron chi connectivity index (χ0n) is 11.1. The van der Waals surface area contributed by atoms with Crippen molar-refractivity contribution >= 4 is 17.5 Å². The quantitative estimate of drug-likeness (QED) is 0.556. The first-order valence-corrected chi connectivity index (χ1v) is 7.06. The Kier molecular flexibility index (Phi) is 7.95. The molecule has 6 heteroatoms. The van der Waals surface area contributed by atoms with E-state index in [9.17, 15) is 13.6 Å². The average Bonchev–Trinajstić information content (AvgIpc) is 2.42. The van der Waals surface area contributed by atoms with Gasteiger partial charge in [-0.25, -0.2) is 0 Å². The summed E-state index contributed by atoms with van der Waals surface area (Å²) in [6.07, 6.45) is 3.89. The third-order valence-electron chi connectivity index (χ3n) is 2.67. The lowest BCUT2D eigenvalue weighted by Gasteiger charge is -2.08. The van der Waals surface area contributed by atoms with Crippen molar-refractivity contribution in [2.45, 2.75) is 32.3 Å². The molecule has 0 aliphatic carbocycles. The number of rotatable bonds is 9. The highest BCUT2D eigenvalue weighted by Gasteiger charge is 2.08. The van der Waals surface area contributed by atoms with E-state index in [-0.39, 0.29) is 11.7 Å². The van der Waals surface area contributed by atoms with Crippen LogP contribution in [-0.2, 0) is 0 Å². The van der Waals surface area contributed by atoms with Crippen molar-refractivity contribution in [3.05, 3.63) is 29.8 Å². The summed E-state index contributed by atoms with van der Waals surface area (Å²) >= 11 is 5.56. The lowest BCUT2D eigenvalue weighted by molar-refractivity contribution is -0.0498. The maximum Gasteiger partial charge on any atom is 0.387 e. The number of unbranched alkanes of at least 4 members (excludes halogenated alkanes) is 3. The molecule has 0 heterocycles. The van der Waals surface area contributed by atoms with Crippen LogP contribution in [0, 0.1) is 0 Å². The van der Waals surface area contributed by atoms with Crippen molar-refractivity contribution in [2.24, 2.45) is 0 Å². The van der Waals surface area contributed by atoms with Crippen LogP contribution in [0.5, 0.6) is 5.75 Å². The van der Waals surface area contributed by atoms with Gasteiger partial charge in [0.15, 0.2) is 0 Å². The molecule has 0 radical (unpaired) electrons. The summed E-state index contributed by atoms with van der Waals surface area (Å²) in [6.45, 7) is -2.34. The molecule has 1 amide bonds. The number of benzene rings is 1. The molecule has 0 spiro atoms. The van der Waals surface area contributed by atoms with Crippen LogP contribution in [0.3, 0.4) is 0 Å². The second-order valence-corrected chi connectivity index (χ2v) is 4.64. The Morgan fingerprint density at radius 3 is 2.70 bits per heavy atom. The van der Waals surface area contributed by atoms with Crippen LogP contribution in [-0.4, -0.2) is 24.9 Å². The Labute approximate surface area is 122 Å². The smallest absolute Gasteiger partial charge is 0.387 e. The summed E-state index contributed by atoms with van der Waals surface area (Å²) in [6, 6.07) is 5.75. The van der Waals surface area contributed by atoms with Crippen molar-refractivity contribution in [1.29, 1.82) is 0 Å². The average molecular weight is 306 g/mol. The van der Waals surface area contributed by atoms with Crippen molar-refractivity contribution < 1.29 is 18.3 Å². The Hall–Kier alpha value is -1.36. The predicted molar refractivity (Wildman–Crippen MR) is 74.6 cm³/mol. The first kappa shape index (κ1) is 16.7. The van der Waals surface area contributed by atoms with Gasteiger partial charge in [0.2, 0.25) is 0 Å². The molecule has 1 aromatic carbocycles. The zero-order chi connectivity index (χ0) is 14.8. The second-order valence-electron chi connectivity index (χ2n) is 4.27. The first-order valence-electron chi connectivity index (χ1n) is 6.52. The number of carbonyl (C=O) groups is 1. The van der Waals surface area contributed by atoms with Gasteiger partial charge in [-0.15, -0.1) is 11.6 Å². The van der Waals surface area contributed by atoms with E-state index in [1.54, 1.807) is 6.07 Å². The summed E-state index contributed by atoms with van der Waals surface area (Å²) in [4.78, 5) is 11.8. The number of alkyl halides is 3. The van der Waals surface area contributed by atoms with Crippen LogP contribution in [0.1, 0.15) is 36.0 Å². The zero-order valence-corrected chi connectivity index (χ0v) is 11.8. The molecule has 20 heavy (non-hydrogen) atoms. The van der Waals surface area contributed by atoms with Gasteiger partial charge in [0.1, 0.15) is 5.75 Å². The molecule has 0 aromatic heterocycles. The largest absolute Gasteiger partial charge is 0.435 e. The molecule has 0 saturated carbocycles. The third kappa shape index (κ3) is 6.70. The third-order valence-corrected chi connectivity index (χ3v) is 2.93. The van der Waals surface area contributed by atoms with Gasteiger partial charge in [-0.3, -0.25) is 4.79 Å². The van der Waals surface area contributed by atoms with Gasteiger partial charge < -0.3 is 10.1 Å². The van der Waals surface area contributed by atoms with E-state index in [0.29, 0.717) is 18.0 Å². The molecule has 0 atom stereocenters. The van der Waals surface area contributed by atoms with E-state index in [1.165, 1.54) is 18.2 Å². The minimum Gasteiger partial charge on any atom is -0.435 e. The van der Waals surface area contributed by atoms with Crippen LogP contribution in [0.4, 0.5) is 8.78 Å². The van der Waals surface area contributed by atoms with Crippen LogP contribution in [0.2, 0.25) is 0 Å². The van der Waals surface area contributed by atoms with E-state index in [1.807, 2.05) is 0 Å². The molecule has 3 nitrogen and oxygen atoms in total. The Morgan fingerprint density at radius 2 is 2.00 bits per heavy atom. The van der Waals surface area contributed by atoms with Crippen molar-refractivity contribution in [2.75, 3.05) is 12.4 Å². The summed E-state index contributed by atoms with van der Waals surface area (Å²) in [5.41, 5.74) is 0.309. The number of carbonyl (C=O) groups excluding carboxylic acids is 1. The summed E-state index contributed by atoms with van der Waals surface area (Å²) in [7, 11) is 0. The molecule has 0 aliphatic heterocycles. The molecule has 0 aliphatic rings. The highest BCUT2D eigenvalue weighted by atomic mass is 35.5. The molecular weight excluding hydrogens is 288 g/mol. The van der Waals surface area contributed by atoms with E-state index in [2.05, 4.69) is 10.1 Å². The van der Waals surface area contributed by atoms with E-state index < -0.39 is 6.61 Å². The van der Waals surface area contributed by atoms with Gasteiger partial charge >= 0.3 is 6.61 Å². The molecule has 0 bridgehead atoms. The predicted octanol–water partition coefficient (Wildman–Crippen LogP) is 3.82. The number of ether oxygens (including phenoxy) is 1. The number of hydrogen-bond donors (Lipinski definition) is 1. The molecule has 0 fully saturated rings. The fraction of sp³-hybridized carbons (Fsp3) is 0.500. The van der Waals surface area contributed by atoms with E-state index >= 15 is 0 Å². The lowest BCUT2D eigenvalue weighted by atomic mass is 10.2. The fourth-order valence-electron chi connectivity index (χ4n) is 1.69. The van der Waals surface area contributed by atoms with Crippen molar-refractivity contribution in [1.82, 2.24) is 5.32 Å². The molecular formula is C14H18ClF2NO2. The Balaban J connectivity index is 2.35. The minimum atomic E-state index is -2.89. The summed E-state index contributed by atoms with van der Waals surface area (Å²) in [5, 5.41) is 2.74. The first-order chi connectivity index (χ1) is 9.63. The molecule has 0 unspecified atom stereocenters. The molecule has 0 saturated heterocycles. The molecule has 1 N–H and O–H groups in total. The SMILES string of the molecule is O=C(NCCCCCCCl)c1cccc(OC(F)F)c1. The van der Waals surface area contributed by atoms with Crippen LogP contribution in [0.15, 0.2) is 24.3 Å². The van der Waals surface area contributed by atoms with Crippen molar-refractivity contribution in [3.63, 3.8) is 0 Å². The maximum absolute atomic E-state index is 12.1. The van der Waals surface area contributed by atoms with Crippen LogP contribution in [0.25, 0.3) is 0 Å². The van der Waals surface area contributed by atoms with Gasteiger partial charge in [0.05, 0.1) is 0 Å². The van der Waals surface area contributed by atoms with Crippen molar-refractivity contribution in [3.8, 4) is 5.75 Å². The van der Waals surface area contributed by atoms with E-state index in [0.717, 1.165) is 25.7 Å². The highest BCUT2D eigenvalue weighted by Crippen LogP contribution is 2.15. The number of nitrogens with one attached hydrogen (secondary N) is 1. The molecule has 1 aromatic rings. The van der Waals surface area contributed by atoms with Crippen LogP contribution >= 0.6 is 11.6 Å². The number of hydrogen-bond acceptors (Lipinski definition) is 2. The van der Waals surface area contributed by atoms with Gasteiger partial charge in [-0.05, 0) is 31.0 Å². The standard InChI is InChI=1S/C14H18ClF2NO2/c15-8-3-1-2-4-9-18-13(19)11-6-5-7-12(10-11)20-14(16)17/h5-7,10,14H,1-4,8-9H2,(H,18,19). The fourth-order valence-corrected chi connectivity index (χ4v) is 1.88. The minimum absolute atomic E-state index is 0.0187. The van der Waals surface area contributed by atoms with Crippen LogP contribution < -0.4 is 10.1 Å². The maximum atomic E-state index is 12.1. The monoisotopic (exact) mass is 305 g/mol. The van der Waals surface area contributed by atoms with Gasteiger partial charge in [0.25, 0.3) is 5.91 Å². The van der Waals surface area contributed by atoms with Gasteiger partial charge in [-0.2, -0.15) is 8.78 Å². The topological polar surface area (TPSA) is 38.3 Å². The Bertz CT molecular complexity index is 416. The Morgan fingerprint density at radius 1 is 1.25 bits per heavy atom. The lowest BCUT2D eigenvalue weighted by Crippen LogP contribution is -2.24. The van der Waals surface area contributed by atoms with Gasteiger partial charge in [-0.1, -0.05) is 18.9 Å². The normalized spacial score (nSPS) is 10.6. The van der Waals surface area contributed by atoms with Gasteiger partial charge in [0, 0.05) is 18.0 Å². The van der Waals surface area contributed by atoms with E-state index in [4.69, 9.17) is 11.6 Å². The molecule has 1 rings (SSSR count). The number of amides is 1. The number of halogens is 3. The highest BCUT2D eigenvalue weighted by molar-refractivity contribution is 6.17. The molecule has 112 valence electrons.